The number of amides is 1. The first-order valence-electron chi connectivity index (χ1n) is 4.08. The molecule has 1 radical (unpaired) electrons. The maximum Gasteiger partial charge on any atom is 0.240 e. The molecule has 0 aromatic heterocycles. The lowest BCUT2D eigenvalue weighted by molar-refractivity contribution is -0.117. The van der Waals surface area contributed by atoms with Crippen molar-refractivity contribution >= 4 is 11.6 Å². The minimum absolute atomic E-state index is 0.189. The molecule has 0 saturated heterocycles. The molecule has 1 aromatic rings. The van der Waals surface area contributed by atoms with E-state index in [1.54, 1.807) is 19.1 Å². The van der Waals surface area contributed by atoms with Gasteiger partial charge >= 0.3 is 0 Å². The summed E-state index contributed by atoms with van der Waals surface area (Å²) < 4.78 is 0. The number of nitrogens with two attached hydrogens (primary N) is 1. The lowest BCUT2D eigenvalue weighted by Crippen LogP contribution is -2.32. The van der Waals surface area contributed by atoms with Crippen molar-refractivity contribution in [2.45, 2.75) is 13.0 Å². The van der Waals surface area contributed by atoms with Gasteiger partial charge in [0.15, 0.2) is 0 Å². The molecule has 0 aliphatic rings. The fraction of sp³-hybridized carbons (Fsp3) is 0.200. The van der Waals surface area contributed by atoms with E-state index >= 15 is 0 Å². The Morgan fingerprint density at radius 2 is 2.31 bits per heavy atom. The van der Waals surface area contributed by atoms with Crippen LogP contribution in [0.5, 0.6) is 0 Å². The van der Waals surface area contributed by atoms with Crippen LogP contribution in [-0.4, -0.2) is 11.9 Å². The van der Waals surface area contributed by atoms with Crippen LogP contribution in [0.2, 0.25) is 0 Å². The van der Waals surface area contributed by atoms with Crippen molar-refractivity contribution in [3.63, 3.8) is 0 Å². The van der Waals surface area contributed by atoms with Crippen LogP contribution in [0.25, 0.3) is 0 Å². The van der Waals surface area contributed by atoms with Crippen molar-refractivity contribution in [2.24, 2.45) is 5.73 Å². The summed E-state index contributed by atoms with van der Waals surface area (Å²) in [6, 6.07) is 6.80. The monoisotopic (exact) mass is 177 g/mol. The molecule has 0 spiro atoms. The molecular weight excluding hydrogens is 164 g/mol. The maximum atomic E-state index is 11.2. The summed E-state index contributed by atoms with van der Waals surface area (Å²) in [6.45, 7) is 5.39. The van der Waals surface area contributed by atoms with Crippen molar-refractivity contribution in [1.29, 1.82) is 0 Å². The van der Waals surface area contributed by atoms with E-state index in [2.05, 4.69) is 12.2 Å². The Balaban J connectivity index is 2.69. The van der Waals surface area contributed by atoms with Gasteiger partial charge in [0.2, 0.25) is 5.91 Å². The summed E-state index contributed by atoms with van der Waals surface area (Å²) in [7, 11) is 0. The Hall–Kier alpha value is -1.35. The van der Waals surface area contributed by atoms with Gasteiger partial charge in [0, 0.05) is 5.69 Å². The summed E-state index contributed by atoms with van der Waals surface area (Å²) in [4.78, 5) is 11.2. The first-order valence-corrected chi connectivity index (χ1v) is 4.08. The van der Waals surface area contributed by atoms with E-state index in [0.29, 0.717) is 0 Å². The molecule has 0 unspecified atom stereocenters. The molecule has 0 aliphatic carbocycles. The molecule has 0 aliphatic heterocycles. The molecule has 13 heavy (non-hydrogen) atoms. The summed E-state index contributed by atoms with van der Waals surface area (Å²) in [5.41, 5.74) is 6.99. The van der Waals surface area contributed by atoms with E-state index in [1.165, 1.54) is 0 Å². The molecule has 1 amide bonds. The molecule has 0 bridgehead atoms. The van der Waals surface area contributed by atoms with Gasteiger partial charge in [0.05, 0.1) is 6.04 Å². The maximum absolute atomic E-state index is 11.2. The molecular formula is C10H13N2O. The highest BCUT2D eigenvalue weighted by Crippen LogP contribution is 2.09. The van der Waals surface area contributed by atoms with Crippen molar-refractivity contribution in [3.8, 4) is 0 Å². The highest BCUT2D eigenvalue weighted by atomic mass is 16.2. The van der Waals surface area contributed by atoms with Crippen LogP contribution in [-0.2, 0) is 4.79 Å². The molecule has 69 valence electrons. The second-order valence-electron chi connectivity index (χ2n) is 2.98. The van der Waals surface area contributed by atoms with Crippen molar-refractivity contribution < 1.29 is 4.79 Å². The van der Waals surface area contributed by atoms with Crippen LogP contribution in [0, 0.1) is 6.92 Å². The van der Waals surface area contributed by atoms with Crippen molar-refractivity contribution in [2.75, 3.05) is 5.32 Å². The summed E-state index contributed by atoms with van der Waals surface area (Å²) in [5.74, 6) is -0.189. The van der Waals surface area contributed by atoms with Gasteiger partial charge in [-0.05, 0) is 31.5 Å². The van der Waals surface area contributed by atoms with Crippen LogP contribution in [0.15, 0.2) is 24.3 Å². The Bertz CT molecular complexity index is 308. The normalized spacial score (nSPS) is 12.2. The zero-order valence-electron chi connectivity index (χ0n) is 7.58. The standard InChI is InChI=1S/C10H13N2O/c1-7-4-3-5-9(6-7)12-10(13)8(2)11/h3-6,8H,1,11H2,2H3,(H,12,13)/t8-/m0/s1. The number of hydrogen-bond donors (Lipinski definition) is 2. The summed E-state index contributed by atoms with van der Waals surface area (Å²) in [6.07, 6.45) is 0. The topological polar surface area (TPSA) is 55.1 Å². The highest BCUT2D eigenvalue weighted by molar-refractivity contribution is 5.94. The van der Waals surface area contributed by atoms with E-state index in [1.807, 2.05) is 12.1 Å². The molecule has 0 saturated carbocycles. The number of carbonyl (C=O) groups excluding carboxylic acids is 1. The van der Waals surface area contributed by atoms with E-state index in [4.69, 9.17) is 5.73 Å². The van der Waals surface area contributed by atoms with E-state index in [9.17, 15) is 4.79 Å². The Labute approximate surface area is 77.9 Å². The third kappa shape index (κ3) is 2.87. The van der Waals surface area contributed by atoms with Gasteiger partial charge in [-0.15, -0.1) is 0 Å². The van der Waals surface area contributed by atoms with E-state index < -0.39 is 6.04 Å². The summed E-state index contributed by atoms with van der Waals surface area (Å²) in [5, 5.41) is 2.68. The van der Waals surface area contributed by atoms with Gasteiger partial charge in [-0.25, -0.2) is 0 Å². The van der Waals surface area contributed by atoms with Gasteiger partial charge in [-0.3, -0.25) is 4.79 Å². The van der Waals surface area contributed by atoms with Gasteiger partial charge in [-0.1, -0.05) is 12.1 Å². The van der Waals surface area contributed by atoms with Crippen LogP contribution in [0.3, 0.4) is 0 Å². The number of rotatable bonds is 2. The average Bonchev–Trinajstić information content (AvgIpc) is 2.04. The molecule has 3 N–H and O–H groups in total. The van der Waals surface area contributed by atoms with Gasteiger partial charge in [0.1, 0.15) is 0 Å². The van der Waals surface area contributed by atoms with Crippen LogP contribution in [0.4, 0.5) is 5.69 Å². The second kappa shape index (κ2) is 4.05. The van der Waals surface area contributed by atoms with Crippen LogP contribution >= 0.6 is 0 Å². The van der Waals surface area contributed by atoms with Crippen molar-refractivity contribution in [1.82, 2.24) is 0 Å². The van der Waals surface area contributed by atoms with Crippen LogP contribution in [0.1, 0.15) is 12.5 Å². The lowest BCUT2D eigenvalue weighted by Gasteiger charge is -2.07. The minimum atomic E-state index is -0.492. The summed E-state index contributed by atoms with van der Waals surface area (Å²) >= 11 is 0. The van der Waals surface area contributed by atoms with Crippen LogP contribution < -0.4 is 11.1 Å². The Morgan fingerprint density at radius 1 is 1.62 bits per heavy atom. The Morgan fingerprint density at radius 3 is 2.85 bits per heavy atom. The SMILES string of the molecule is [CH2]c1cccc(NC(=O)[C@H](C)N)c1. The first-order chi connectivity index (χ1) is 6.09. The molecule has 1 atom stereocenters. The zero-order valence-corrected chi connectivity index (χ0v) is 7.58. The second-order valence-corrected chi connectivity index (χ2v) is 2.98. The molecule has 1 rings (SSSR count). The lowest BCUT2D eigenvalue weighted by atomic mass is 10.2. The average molecular weight is 177 g/mol. The van der Waals surface area contributed by atoms with Crippen molar-refractivity contribution in [3.05, 3.63) is 36.8 Å². The van der Waals surface area contributed by atoms with E-state index in [0.717, 1.165) is 11.3 Å². The quantitative estimate of drug-likeness (QED) is 0.712. The number of carbonyl (C=O) groups is 1. The molecule has 0 heterocycles. The van der Waals surface area contributed by atoms with Gasteiger partial charge in [-0.2, -0.15) is 0 Å². The fourth-order valence-electron chi connectivity index (χ4n) is 0.905. The molecule has 3 heteroatoms. The number of anilines is 1. The third-order valence-corrected chi connectivity index (χ3v) is 1.61. The third-order valence-electron chi connectivity index (χ3n) is 1.61. The zero-order chi connectivity index (χ0) is 9.84. The molecule has 1 aromatic carbocycles. The smallest absolute Gasteiger partial charge is 0.240 e. The number of benzene rings is 1. The molecule has 0 fully saturated rings. The fourth-order valence-corrected chi connectivity index (χ4v) is 0.905. The highest BCUT2D eigenvalue weighted by Gasteiger charge is 2.06. The predicted molar refractivity (Wildman–Crippen MR) is 53.2 cm³/mol. The first kappa shape index (κ1) is 9.74. The van der Waals surface area contributed by atoms with Gasteiger partial charge < -0.3 is 11.1 Å². The largest absolute Gasteiger partial charge is 0.325 e. The minimum Gasteiger partial charge on any atom is -0.325 e. The van der Waals surface area contributed by atoms with Gasteiger partial charge in [0.25, 0.3) is 0 Å². The number of hydrogen-bond acceptors (Lipinski definition) is 2. The Kier molecular flexibility index (Phi) is 3.03. The molecule has 3 nitrogen and oxygen atoms in total. The van der Waals surface area contributed by atoms with E-state index in [-0.39, 0.29) is 5.91 Å². The number of nitrogens with one attached hydrogen (secondary N) is 1. The predicted octanol–water partition coefficient (Wildman–Crippen LogP) is 1.15.